The van der Waals surface area contributed by atoms with Crippen LogP contribution < -0.4 is 15.9 Å². The SMILES string of the molecule is CCCOc1ccc(-c2c(C(=O)N/N=C\c3ccc(Cl)cc3)nnn2-c2nonc2N)cc1. The Kier molecular flexibility index (Phi) is 6.60. The summed E-state index contributed by atoms with van der Waals surface area (Å²) < 4.78 is 11.6. The van der Waals surface area contributed by atoms with Gasteiger partial charge in [-0.3, -0.25) is 4.79 Å². The van der Waals surface area contributed by atoms with E-state index in [-0.39, 0.29) is 17.3 Å². The Hall–Kier alpha value is -4.25. The first kappa shape index (κ1) is 22.0. The van der Waals surface area contributed by atoms with Crippen molar-refractivity contribution in [1.82, 2.24) is 30.7 Å². The Morgan fingerprint density at radius 2 is 1.97 bits per heavy atom. The first-order valence-electron chi connectivity index (χ1n) is 9.93. The minimum atomic E-state index is -0.581. The number of nitrogens with two attached hydrogens (primary N) is 1. The average molecular weight is 467 g/mol. The van der Waals surface area contributed by atoms with Crippen molar-refractivity contribution >= 4 is 29.5 Å². The molecule has 33 heavy (non-hydrogen) atoms. The van der Waals surface area contributed by atoms with Crippen LogP contribution in [0.25, 0.3) is 17.1 Å². The highest BCUT2D eigenvalue weighted by atomic mass is 35.5. The largest absolute Gasteiger partial charge is 0.494 e. The number of rotatable bonds is 8. The van der Waals surface area contributed by atoms with Gasteiger partial charge in [-0.05, 0) is 58.7 Å². The van der Waals surface area contributed by atoms with Crippen LogP contribution in [0.15, 0.2) is 58.3 Å². The number of anilines is 1. The second kappa shape index (κ2) is 9.92. The van der Waals surface area contributed by atoms with Crippen molar-refractivity contribution in [3.8, 4) is 22.8 Å². The van der Waals surface area contributed by atoms with Crippen LogP contribution in [0.5, 0.6) is 5.75 Å². The van der Waals surface area contributed by atoms with Gasteiger partial charge in [0, 0.05) is 10.6 Å². The molecule has 0 saturated carbocycles. The molecule has 0 spiro atoms. The topological polar surface area (TPSA) is 146 Å². The van der Waals surface area contributed by atoms with Gasteiger partial charge in [0.15, 0.2) is 5.69 Å². The van der Waals surface area contributed by atoms with E-state index < -0.39 is 5.91 Å². The summed E-state index contributed by atoms with van der Waals surface area (Å²) in [6.45, 7) is 2.62. The average Bonchev–Trinajstić information content (AvgIpc) is 3.45. The number of aromatic nitrogens is 5. The molecule has 0 radical (unpaired) electrons. The van der Waals surface area contributed by atoms with E-state index in [2.05, 4.69) is 35.8 Å². The van der Waals surface area contributed by atoms with Gasteiger partial charge < -0.3 is 10.5 Å². The number of hydrogen-bond donors (Lipinski definition) is 2. The number of nitrogens with one attached hydrogen (secondary N) is 1. The summed E-state index contributed by atoms with van der Waals surface area (Å²) in [5.74, 6) is 0.216. The van der Waals surface area contributed by atoms with Crippen molar-refractivity contribution < 1.29 is 14.2 Å². The Balaban J connectivity index is 1.65. The third-order valence-corrected chi connectivity index (χ3v) is 4.68. The molecule has 0 saturated heterocycles. The van der Waals surface area contributed by atoms with Crippen LogP contribution in [0.3, 0.4) is 0 Å². The van der Waals surface area contributed by atoms with Gasteiger partial charge >= 0.3 is 0 Å². The van der Waals surface area contributed by atoms with Crippen molar-refractivity contribution in [3.63, 3.8) is 0 Å². The van der Waals surface area contributed by atoms with E-state index in [1.807, 2.05) is 6.92 Å². The Labute approximate surface area is 193 Å². The smallest absolute Gasteiger partial charge is 0.294 e. The molecular weight excluding hydrogens is 448 g/mol. The Morgan fingerprint density at radius 1 is 1.21 bits per heavy atom. The zero-order chi connectivity index (χ0) is 23.2. The molecule has 4 aromatic rings. The maximum atomic E-state index is 12.9. The first-order valence-corrected chi connectivity index (χ1v) is 10.3. The van der Waals surface area contributed by atoms with Gasteiger partial charge in [0.1, 0.15) is 11.4 Å². The predicted molar refractivity (Wildman–Crippen MR) is 121 cm³/mol. The highest BCUT2D eigenvalue weighted by molar-refractivity contribution is 6.30. The number of hydrazone groups is 1. The zero-order valence-electron chi connectivity index (χ0n) is 17.5. The second-order valence-electron chi connectivity index (χ2n) is 6.80. The molecule has 168 valence electrons. The third-order valence-electron chi connectivity index (χ3n) is 4.43. The van der Waals surface area contributed by atoms with Crippen LogP contribution in [-0.2, 0) is 0 Å². The number of nitrogens with zero attached hydrogens (tertiary/aromatic N) is 6. The molecular formula is C21H19ClN8O3. The summed E-state index contributed by atoms with van der Waals surface area (Å²) in [5, 5.41) is 20.0. The fourth-order valence-corrected chi connectivity index (χ4v) is 3.00. The summed E-state index contributed by atoms with van der Waals surface area (Å²) in [4.78, 5) is 12.9. The molecule has 0 atom stereocenters. The molecule has 2 heterocycles. The van der Waals surface area contributed by atoms with Gasteiger partial charge in [-0.25, -0.2) is 10.1 Å². The summed E-state index contributed by atoms with van der Waals surface area (Å²) >= 11 is 5.88. The second-order valence-corrected chi connectivity index (χ2v) is 7.23. The van der Waals surface area contributed by atoms with Crippen molar-refractivity contribution in [2.45, 2.75) is 13.3 Å². The third kappa shape index (κ3) is 4.99. The van der Waals surface area contributed by atoms with Crippen LogP contribution in [0.4, 0.5) is 5.82 Å². The van der Waals surface area contributed by atoms with Crippen LogP contribution >= 0.6 is 11.6 Å². The molecule has 3 N–H and O–H groups in total. The lowest BCUT2D eigenvalue weighted by atomic mass is 10.1. The summed E-state index contributed by atoms with van der Waals surface area (Å²) in [6, 6.07) is 14.1. The minimum Gasteiger partial charge on any atom is -0.494 e. The zero-order valence-corrected chi connectivity index (χ0v) is 18.2. The first-order chi connectivity index (χ1) is 16.1. The molecule has 12 heteroatoms. The number of carbonyl (C=O) groups is 1. The molecule has 2 aromatic carbocycles. The van der Waals surface area contributed by atoms with Crippen LogP contribution in [0.2, 0.25) is 5.02 Å². The molecule has 0 fully saturated rings. The van der Waals surface area contributed by atoms with E-state index in [0.717, 1.165) is 12.0 Å². The lowest BCUT2D eigenvalue weighted by Crippen LogP contribution is -2.19. The summed E-state index contributed by atoms with van der Waals surface area (Å²) in [7, 11) is 0. The van der Waals surface area contributed by atoms with Gasteiger partial charge in [-0.2, -0.15) is 9.78 Å². The van der Waals surface area contributed by atoms with Crippen molar-refractivity contribution in [2.75, 3.05) is 12.3 Å². The fraction of sp³-hybridized carbons (Fsp3) is 0.143. The highest BCUT2D eigenvalue weighted by Crippen LogP contribution is 2.28. The number of halogens is 1. The normalized spacial score (nSPS) is 11.1. The molecule has 0 aliphatic carbocycles. The predicted octanol–water partition coefficient (Wildman–Crippen LogP) is 3.11. The van der Waals surface area contributed by atoms with Crippen LogP contribution in [-0.4, -0.2) is 44.0 Å². The molecule has 0 bridgehead atoms. The molecule has 0 aliphatic heterocycles. The van der Waals surface area contributed by atoms with E-state index in [4.69, 9.17) is 22.1 Å². The lowest BCUT2D eigenvalue weighted by molar-refractivity contribution is 0.0950. The molecule has 1 amide bonds. The van der Waals surface area contributed by atoms with E-state index in [1.54, 1.807) is 48.5 Å². The summed E-state index contributed by atoms with van der Waals surface area (Å²) in [6.07, 6.45) is 2.37. The number of ether oxygens (including phenoxy) is 1. The standard InChI is InChI=1S/C21H19ClN8O3/c1-2-11-32-16-9-5-14(6-10-16)18-17(25-29-30(18)20-19(23)27-33-28-20)21(31)26-24-12-13-3-7-15(22)8-4-13/h3-10,12H,2,11H2,1H3,(H2,23,27)(H,26,31)/b24-12-. The van der Waals surface area contributed by atoms with Crippen molar-refractivity contribution in [2.24, 2.45) is 5.10 Å². The van der Waals surface area contributed by atoms with Crippen LogP contribution in [0, 0.1) is 0 Å². The van der Waals surface area contributed by atoms with E-state index in [1.165, 1.54) is 10.9 Å². The van der Waals surface area contributed by atoms with Gasteiger partial charge in [-0.15, -0.1) is 5.10 Å². The molecule has 11 nitrogen and oxygen atoms in total. The maximum Gasteiger partial charge on any atom is 0.294 e. The van der Waals surface area contributed by atoms with E-state index in [9.17, 15) is 4.79 Å². The lowest BCUT2D eigenvalue weighted by Gasteiger charge is -2.08. The Bertz CT molecular complexity index is 1270. The maximum absolute atomic E-state index is 12.9. The highest BCUT2D eigenvalue weighted by Gasteiger charge is 2.25. The number of nitrogen functional groups attached to an aromatic ring is 1. The van der Waals surface area contributed by atoms with Crippen molar-refractivity contribution in [3.05, 3.63) is 64.8 Å². The quantitative estimate of drug-likeness (QED) is 0.297. The number of benzene rings is 2. The molecule has 0 aliphatic rings. The minimum absolute atomic E-state index is 0.00299. The molecule has 4 rings (SSSR count). The number of hydrogen-bond acceptors (Lipinski definition) is 9. The number of amides is 1. The van der Waals surface area contributed by atoms with E-state index in [0.29, 0.717) is 28.6 Å². The molecule has 0 unspecified atom stereocenters. The summed E-state index contributed by atoms with van der Waals surface area (Å²) in [5.41, 5.74) is 10.0. The van der Waals surface area contributed by atoms with Gasteiger partial charge in [-0.1, -0.05) is 35.9 Å². The monoisotopic (exact) mass is 466 g/mol. The van der Waals surface area contributed by atoms with Crippen molar-refractivity contribution in [1.29, 1.82) is 0 Å². The van der Waals surface area contributed by atoms with Crippen LogP contribution in [0.1, 0.15) is 29.4 Å². The van der Waals surface area contributed by atoms with Gasteiger partial charge in [0.05, 0.1) is 12.8 Å². The van der Waals surface area contributed by atoms with Gasteiger partial charge in [0.2, 0.25) is 11.6 Å². The Morgan fingerprint density at radius 3 is 2.64 bits per heavy atom. The fourth-order valence-electron chi connectivity index (χ4n) is 2.88. The number of carbonyl (C=O) groups excluding carboxylic acids is 1. The van der Waals surface area contributed by atoms with E-state index >= 15 is 0 Å². The molecule has 2 aromatic heterocycles. The van der Waals surface area contributed by atoms with Gasteiger partial charge in [0.25, 0.3) is 5.91 Å².